The Balaban J connectivity index is 2.22. The van der Waals surface area contributed by atoms with E-state index in [-0.39, 0.29) is 6.09 Å². The van der Waals surface area contributed by atoms with Crippen LogP contribution in [0.15, 0.2) is 27.1 Å². The third kappa shape index (κ3) is 7.61. The predicted octanol–water partition coefficient (Wildman–Crippen LogP) is 4.56. The molecule has 0 saturated heterocycles. The van der Waals surface area contributed by atoms with Gasteiger partial charge in [0.2, 0.25) is 0 Å². The highest BCUT2D eigenvalue weighted by Gasteiger charge is 2.18. The van der Waals surface area contributed by atoms with E-state index in [9.17, 15) is 4.79 Å². The van der Waals surface area contributed by atoms with Crippen molar-refractivity contribution in [2.24, 2.45) is 0 Å². The van der Waals surface area contributed by atoms with E-state index >= 15 is 0 Å². The van der Waals surface area contributed by atoms with Crippen molar-refractivity contribution in [3.63, 3.8) is 0 Å². The number of rotatable bonds is 6. The quantitative estimate of drug-likeness (QED) is 0.666. The molecular formula is C16H24Br2N2O2. The van der Waals surface area contributed by atoms with Crippen molar-refractivity contribution in [3.05, 3.63) is 32.7 Å². The summed E-state index contributed by atoms with van der Waals surface area (Å²) in [6, 6.07) is 6.19. The van der Waals surface area contributed by atoms with Crippen molar-refractivity contribution in [2.45, 2.75) is 39.3 Å². The van der Waals surface area contributed by atoms with Gasteiger partial charge in [0, 0.05) is 29.1 Å². The molecule has 1 amide bonds. The number of hydrogen-bond acceptors (Lipinski definition) is 3. The number of nitrogens with zero attached hydrogens (tertiary/aromatic N) is 1. The van der Waals surface area contributed by atoms with Gasteiger partial charge in [-0.1, -0.05) is 6.07 Å². The maximum Gasteiger partial charge on any atom is 0.410 e. The average Bonchev–Trinajstić information content (AvgIpc) is 2.40. The number of amides is 1. The van der Waals surface area contributed by atoms with Crippen molar-refractivity contribution in [3.8, 4) is 0 Å². The Morgan fingerprint density at radius 2 is 1.95 bits per heavy atom. The van der Waals surface area contributed by atoms with E-state index in [1.54, 1.807) is 11.9 Å². The fraction of sp³-hybridized carbons (Fsp3) is 0.562. The lowest BCUT2D eigenvalue weighted by atomic mass is 10.2. The number of benzene rings is 1. The largest absolute Gasteiger partial charge is 0.444 e. The summed E-state index contributed by atoms with van der Waals surface area (Å²) in [6.07, 6.45) is 0.609. The van der Waals surface area contributed by atoms with Crippen LogP contribution in [0.4, 0.5) is 4.79 Å². The number of nitrogens with one attached hydrogen (secondary N) is 1. The summed E-state index contributed by atoms with van der Waals surface area (Å²) < 4.78 is 7.41. The fourth-order valence-electron chi connectivity index (χ4n) is 1.75. The van der Waals surface area contributed by atoms with Crippen molar-refractivity contribution in [1.29, 1.82) is 0 Å². The molecule has 0 saturated carbocycles. The minimum atomic E-state index is -0.446. The molecule has 0 bridgehead atoms. The lowest BCUT2D eigenvalue weighted by molar-refractivity contribution is 0.0297. The minimum Gasteiger partial charge on any atom is -0.444 e. The van der Waals surface area contributed by atoms with Gasteiger partial charge in [-0.2, -0.15) is 0 Å². The zero-order chi connectivity index (χ0) is 16.8. The monoisotopic (exact) mass is 434 g/mol. The van der Waals surface area contributed by atoms with E-state index in [1.807, 2.05) is 26.8 Å². The molecular weight excluding hydrogens is 412 g/mol. The molecule has 0 heterocycles. The first-order chi connectivity index (χ1) is 10.2. The van der Waals surface area contributed by atoms with E-state index < -0.39 is 5.60 Å². The first kappa shape index (κ1) is 19.5. The molecule has 0 aromatic heterocycles. The van der Waals surface area contributed by atoms with Crippen LogP contribution in [0.2, 0.25) is 0 Å². The van der Waals surface area contributed by atoms with E-state index in [0.717, 1.165) is 28.5 Å². The fourth-order valence-corrected chi connectivity index (χ4v) is 2.43. The minimum absolute atomic E-state index is 0.274. The highest BCUT2D eigenvalue weighted by molar-refractivity contribution is 9.13. The number of carbonyl (C=O) groups excluding carboxylic acids is 1. The maximum atomic E-state index is 11.8. The molecule has 1 rings (SSSR count). The molecule has 124 valence electrons. The molecule has 0 unspecified atom stereocenters. The van der Waals surface area contributed by atoms with Crippen LogP contribution in [0.3, 0.4) is 0 Å². The summed E-state index contributed by atoms with van der Waals surface area (Å²) in [7, 11) is 1.76. The SMILES string of the molecule is CN(CCCNCc1ccc(Br)c(Br)c1)C(=O)OC(C)(C)C. The summed E-state index contributed by atoms with van der Waals surface area (Å²) in [6.45, 7) is 7.94. The van der Waals surface area contributed by atoms with Gasteiger partial charge < -0.3 is 15.0 Å². The average molecular weight is 436 g/mol. The Kier molecular flexibility index (Phi) is 7.86. The van der Waals surface area contributed by atoms with Gasteiger partial charge in [-0.25, -0.2) is 4.79 Å². The molecule has 1 aromatic rings. The molecule has 0 aliphatic carbocycles. The van der Waals surface area contributed by atoms with Crippen molar-refractivity contribution >= 4 is 38.0 Å². The van der Waals surface area contributed by atoms with Gasteiger partial charge in [0.25, 0.3) is 0 Å². The highest BCUT2D eigenvalue weighted by Crippen LogP contribution is 2.23. The molecule has 22 heavy (non-hydrogen) atoms. The first-order valence-electron chi connectivity index (χ1n) is 7.28. The Morgan fingerprint density at radius 3 is 2.55 bits per heavy atom. The van der Waals surface area contributed by atoms with Crippen molar-refractivity contribution < 1.29 is 9.53 Å². The molecule has 0 aliphatic heterocycles. The Labute approximate surface area is 149 Å². The number of hydrogen-bond donors (Lipinski definition) is 1. The highest BCUT2D eigenvalue weighted by atomic mass is 79.9. The maximum absolute atomic E-state index is 11.8. The van der Waals surface area contributed by atoms with Crippen LogP contribution in [-0.4, -0.2) is 36.7 Å². The van der Waals surface area contributed by atoms with Crippen molar-refractivity contribution in [1.82, 2.24) is 10.2 Å². The number of ether oxygens (including phenoxy) is 1. The van der Waals surface area contributed by atoms with Crippen LogP contribution in [0.5, 0.6) is 0 Å². The Hall–Kier alpha value is -0.590. The molecule has 0 aliphatic rings. The third-order valence-corrected chi connectivity index (χ3v) is 4.75. The zero-order valence-electron chi connectivity index (χ0n) is 13.6. The second kappa shape index (κ2) is 8.89. The van der Waals surface area contributed by atoms with E-state index in [2.05, 4.69) is 49.3 Å². The molecule has 0 fully saturated rings. The topological polar surface area (TPSA) is 41.6 Å². The van der Waals surface area contributed by atoms with Crippen LogP contribution in [-0.2, 0) is 11.3 Å². The van der Waals surface area contributed by atoms with Crippen LogP contribution in [0, 0.1) is 0 Å². The number of carbonyl (C=O) groups is 1. The summed E-state index contributed by atoms with van der Waals surface area (Å²) >= 11 is 6.95. The van der Waals surface area contributed by atoms with Gasteiger partial charge >= 0.3 is 6.09 Å². The molecule has 0 spiro atoms. The van der Waals surface area contributed by atoms with Crippen LogP contribution in [0.1, 0.15) is 32.8 Å². The second-order valence-electron chi connectivity index (χ2n) is 6.18. The smallest absolute Gasteiger partial charge is 0.410 e. The summed E-state index contributed by atoms with van der Waals surface area (Å²) in [5, 5.41) is 3.38. The molecule has 4 nitrogen and oxygen atoms in total. The normalized spacial score (nSPS) is 11.4. The lowest BCUT2D eigenvalue weighted by Gasteiger charge is -2.24. The Morgan fingerprint density at radius 1 is 1.27 bits per heavy atom. The molecule has 1 aromatic carbocycles. The predicted molar refractivity (Wildman–Crippen MR) is 97.0 cm³/mol. The summed E-state index contributed by atoms with van der Waals surface area (Å²) in [5.41, 5.74) is 0.772. The third-order valence-electron chi connectivity index (χ3n) is 2.87. The molecule has 0 radical (unpaired) electrons. The lowest BCUT2D eigenvalue weighted by Crippen LogP contribution is -2.35. The van der Waals surface area contributed by atoms with Gasteiger partial charge in [0.15, 0.2) is 0 Å². The van der Waals surface area contributed by atoms with Crippen molar-refractivity contribution in [2.75, 3.05) is 20.1 Å². The van der Waals surface area contributed by atoms with Crippen LogP contribution >= 0.6 is 31.9 Å². The van der Waals surface area contributed by atoms with Crippen LogP contribution in [0.25, 0.3) is 0 Å². The van der Waals surface area contributed by atoms with Gasteiger partial charge in [0.1, 0.15) is 5.60 Å². The van der Waals surface area contributed by atoms with Gasteiger partial charge in [-0.05, 0) is 83.3 Å². The molecule has 1 N–H and O–H groups in total. The number of halogens is 2. The standard InChI is InChI=1S/C16H24Br2N2O2/c1-16(2,3)22-15(21)20(4)9-5-8-19-11-12-6-7-13(17)14(18)10-12/h6-7,10,19H,5,8-9,11H2,1-4H3. The first-order valence-corrected chi connectivity index (χ1v) is 8.86. The van der Waals surface area contributed by atoms with Gasteiger partial charge in [0.05, 0.1) is 0 Å². The zero-order valence-corrected chi connectivity index (χ0v) is 16.8. The van der Waals surface area contributed by atoms with E-state index in [0.29, 0.717) is 6.54 Å². The van der Waals surface area contributed by atoms with Gasteiger partial charge in [-0.3, -0.25) is 0 Å². The summed E-state index contributed by atoms with van der Waals surface area (Å²) in [4.78, 5) is 13.4. The van der Waals surface area contributed by atoms with E-state index in [4.69, 9.17) is 4.74 Å². The molecule has 6 heteroatoms. The Bertz CT molecular complexity index is 501. The second-order valence-corrected chi connectivity index (χ2v) is 7.89. The van der Waals surface area contributed by atoms with E-state index in [1.165, 1.54) is 5.56 Å². The van der Waals surface area contributed by atoms with Gasteiger partial charge in [-0.15, -0.1) is 0 Å². The summed E-state index contributed by atoms with van der Waals surface area (Å²) in [5.74, 6) is 0. The molecule has 0 atom stereocenters. The van der Waals surface area contributed by atoms with Crippen LogP contribution < -0.4 is 5.32 Å².